The van der Waals surface area contributed by atoms with Gasteiger partial charge in [-0.3, -0.25) is 9.69 Å². The summed E-state index contributed by atoms with van der Waals surface area (Å²) in [6.07, 6.45) is -0.0666. The summed E-state index contributed by atoms with van der Waals surface area (Å²) in [6.45, 7) is 7.01. The van der Waals surface area contributed by atoms with Crippen LogP contribution in [0.25, 0.3) is 0 Å². The Morgan fingerprint density at radius 3 is 2.41 bits per heavy atom. The predicted molar refractivity (Wildman–Crippen MR) is 120 cm³/mol. The number of carbonyl (C=O) groups excluding carboxylic acids is 1. The van der Waals surface area contributed by atoms with Crippen molar-refractivity contribution >= 4 is 33.2 Å². The zero-order chi connectivity index (χ0) is 20.9. The van der Waals surface area contributed by atoms with Crippen molar-refractivity contribution in [1.29, 1.82) is 0 Å². The molecular formula is C22H28N2O3S2. The summed E-state index contributed by atoms with van der Waals surface area (Å²) in [5, 5.41) is 2.85. The van der Waals surface area contributed by atoms with E-state index in [0.29, 0.717) is 0 Å². The minimum absolute atomic E-state index is 0.0666. The lowest BCUT2D eigenvalue weighted by molar-refractivity contribution is -0.115. The highest BCUT2D eigenvalue weighted by molar-refractivity contribution is 7.99. The van der Waals surface area contributed by atoms with Gasteiger partial charge in [0.25, 0.3) is 0 Å². The first kappa shape index (κ1) is 21.9. The molecule has 0 spiro atoms. The highest BCUT2D eigenvalue weighted by Gasteiger charge is 2.17. The maximum atomic E-state index is 12.4. The van der Waals surface area contributed by atoms with Crippen molar-refractivity contribution in [2.24, 2.45) is 0 Å². The van der Waals surface area contributed by atoms with Gasteiger partial charge >= 0.3 is 0 Å². The van der Waals surface area contributed by atoms with Crippen molar-refractivity contribution in [2.75, 3.05) is 35.7 Å². The molecule has 1 aliphatic heterocycles. The summed E-state index contributed by atoms with van der Waals surface area (Å²) in [4.78, 5) is 15.0. The fraction of sp³-hybridized carbons (Fsp3) is 0.409. The molecule has 1 saturated heterocycles. The molecule has 2 aromatic rings. The van der Waals surface area contributed by atoms with Crippen LogP contribution in [0.4, 0.5) is 5.69 Å². The molecule has 0 saturated carbocycles. The largest absolute Gasteiger partial charge is 0.326 e. The number of rotatable bonds is 7. The fourth-order valence-electron chi connectivity index (χ4n) is 3.29. The number of nitrogens with zero attached hydrogens (tertiary/aromatic N) is 1. The van der Waals surface area contributed by atoms with Crippen molar-refractivity contribution in [3.05, 3.63) is 59.2 Å². The smallest absolute Gasteiger partial charge is 0.225 e. The molecular weight excluding hydrogens is 404 g/mol. The van der Waals surface area contributed by atoms with Crippen molar-refractivity contribution in [3.63, 3.8) is 0 Å². The molecule has 1 N–H and O–H groups in total. The molecule has 1 heterocycles. The number of carbonyl (C=O) groups is 1. The Kier molecular flexibility index (Phi) is 7.38. The number of anilines is 1. The number of nitrogens with one attached hydrogen (secondary N) is 1. The number of amides is 1. The van der Waals surface area contributed by atoms with Crippen LogP contribution in [0.2, 0.25) is 0 Å². The van der Waals surface area contributed by atoms with Gasteiger partial charge in [-0.2, -0.15) is 11.8 Å². The Bertz CT molecular complexity index is 951. The van der Waals surface area contributed by atoms with Crippen LogP contribution in [0.15, 0.2) is 47.4 Å². The van der Waals surface area contributed by atoms with Gasteiger partial charge in [-0.05, 0) is 43.2 Å². The molecule has 29 heavy (non-hydrogen) atoms. The van der Waals surface area contributed by atoms with Crippen molar-refractivity contribution < 1.29 is 13.2 Å². The van der Waals surface area contributed by atoms with Crippen LogP contribution in [-0.4, -0.2) is 49.6 Å². The Morgan fingerprint density at radius 2 is 1.76 bits per heavy atom. The van der Waals surface area contributed by atoms with E-state index in [-0.39, 0.29) is 23.0 Å². The molecule has 0 atom stereocenters. The SMILES string of the molecule is Cc1ccc(S(=O)(=O)CCC(=O)Nc2ccc(CN3CCSCC3)cc2C)cc1. The summed E-state index contributed by atoms with van der Waals surface area (Å²) < 4.78 is 24.8. The molecule has 2 aromatic carbocycles. The van der Waals surface area contributed by atoms with Gasteiger partial charge in [0.05, 0.1) is 10.6 Å². The summed E-state index contributed by atoms with van der Waals surface area (Å²) in [5.74, 6) is 1.87. The van der Waals surface area contributed by atoms with Gasteiger partial charge in [-0.25, -0.2) is 8.42 Å². The minimum Gasteiger partial charge on any atom is -0.326 e. The number of aryl methyl sites for hydroxylation is 2. The zero-order valence-electron chi connectivity index (χ0n) is 17.0. The second kappa shape index (κ2) is 9.78. The Labute approximate surface area is 177 Å². The predicted octanol–water partition coefficient (Wildman–Crippen LogP) is 3.65. The first-order valence-corrected chi connectivity index (χ1v) is 12.6. The van der Waals surface area contributed by atoms with Crippen LogP contribution in [0.3, 0.4) is 0 Å². The highest BCUT2D eigenvalue weighted by Crippen LogP contribution is 2.20. The van der Waals surface area contributed by atoms with E-state index in [1.165, 1.54) is 17.1 Å². The molecule has 1 amide bonds. The second-order valence-corrected chi connectivity index (χ2v) is 10.8. The summed E-state index contributed by atoms with van der Waals surface area (Å²) in [6, 6.07) is 12.8. The van der Waals surface area contributed by atoms with E-state index in [4.69, 9.17) is 0 Å². The first-order chi connectivity index (χ1) is 13.8. The zero-order valence-corrected chi connectivity index (χ0v) is 18.6. The standard InChI is InChI=1S/C22H28N2O3S2/c1-17-3-6-20(7-4-17)29(26,27)14-9-22(25)23-21-8-5-19(15-18(21)2)16-24-10-12-28-13-11-24/h3-8,15H,9-14,16H2,1-2H3,(H,23,25). The monoisotopic (exact) mass is 432 g/mol. The van der Waals surface area contributed by atoms with E-state index in [9.17, 15) is 13.2 Å². The molecule has 7 heteroatoms. The van der Waals surface area contributed by atoms with Gasteiger partial charge in [0, 0.05) is 43.2 Å². The average molecular weight is 433 g/mol. The van der Waals surface area contributed by atoms with Gasteiger partial charge in [0.15, 0.2) is 9.84 Å². The van der Waals surface area contributed by atoms with Crippen LogP contribution < -0.4 is 5.32 Å². The molecule has 0 bridgehead atoms. The molecule has 156 valence electrons. The molecule has 1 aliphatic rings. The molecule has 0 aliphatic carbocycles. The van der Waals surface area contributed by atoms with E-state index in [2.05, 4.69) is 16.3 Å². The lowest BCUT2D eigenvalue weighted by Crippen LogP contribution is -2.31. The summed E-state index contributed by atoms with van der Waals surface area (Å²) >= 11 is 2.00. The van der Waals surface area contributed by atoms with Crippen molar-refractivity contribution in [3.8, 4) is 0 Å². The van der Waals surface area contributed by atoms with E-state index in [0.717, 1.165) is 36.4 Å². The van der Waals surface area contributed by atoms with E-state index in [1.807, 2.05) is 37.7 Å². The van der Waals surface area contributed by atoms with Gasteiger partial charge in [0.1, 0.15) is 0 Å². The molecule has 3 rings (SSSR count). The maximum absolute atomic E-state index is 12.4. The van der Waals surface area contributed by atoms with E-state index in [1.54, 1.807) is 24.3 Å². The average Bonchev–Trinajstić information content (AvgIpc) is 2.70. The Hall–Kier alpha value is -1.83. The van der Waals surface area contributed by atoms with Gasteiger partial charge in [-0.15, -0.1) is 0 Å². The molecule has 0 radical (unpaired) electrons. The quantitative estimate of drug-likeness (QED) is 0.723. The minimum atomic E-state index is -3.47. The molecule has 0 aromatic heterocycles. The van der Waals surface area contributed by atoms with E-state index >= 15 is 0 Å². The van der Waals surface area contributed by atoms with Crippen molar-refractivity contribution in [2.45, 2.75) is 31.7 Å². The summed E-state index contributed by atoms with van der Waals surface area (Å²) in [7, 11) is -3.47. The van der Waals surface area contributed by atoms with E-state index < -0.39 is 9.84 Å². The maximum Gasteiger partial charge on any atom is 0.225 e. The van der Waals surface area contributed by atoms with Gasteiger partial charge in [-0.1, -0.05) is 29.8 Å². The van der Waals surface area contributed by atoms with Crippen LogP contribution in [0.5, 0.6) is 0 Å². The van der Waals surface area contributed by atoms with Gasteiger partial charge in [0.2, 0.25) is 5.91 Å². The summed E-state index contributed by atoms with van der Waals surface area (Å²) in [5.41, 5.74) is 3.96. The number of hydrogen-bond acceptors (Lipinski definition) is 5. The van der Waals surface area contributed by atoms with Gasteiger partial charge < -0.3 is 5.32 Å². The number of sulfone groups is 1. The topological polar surface area (TPSA) is 66.5 Å². The molecule has 0 unspecified atom stereocenters. The lowest BCUT2D eigenvalue weighted by Gasteiger charge is -2.26. The third kappa shape index (κ3) is 6.32. The Balaban J connectivity index is 1.55. The van der Waals surface area contributed by atoms with Crippen LogP contribution in [0, 0.1) is 13.8 Å². The van der Waals surface area contributed by atoms with Crippen molar-refractivity contribution in [1.82, 2.24) is 4.90 Å². The molecule has 1 fully saturated rings. The lowest BCUT2D eigenvalue weighted by atomic mass is 10.1. The number of thioether (sulfide) groups is 1. The third-order valence-electron chi connectivity index (χ3n) is 5.05. The third-order valence-corrected chi connectivity index (χ3v) is 7.73. The second-order valence-electron chi connectivity index (χ2n) is 7.47. The fourth-order valence-corrected chi connectivity index (χ4v) is 5.50. The first-order valence-electron chi connectivity index (χ1n) is 9.82. The Morgan fingerprint density at radius 1 is 1.07 bits per heavy atom. The van der Waals surface area contributed by atoms with Crippen LogP contribution >= 0.6 is 11.8 Å². The highest BCUT2D eigenvalue weighted by atomic mass is 32.2. The van der Waals surface area contributed by atoms with Crippen LogP contribution in [-0.2, 0) is 21.2 Å². The number of hydrogen-bond donors (Lipinski definition) is 1. The number of benzene rings is 2. The normalized spacial score (nSPS) is 15.2. The molecule has 5 nitrogen and oxygen atoms in total. The van der Waals surface area contributed by atoms with Crippen LogP contribution in [0.1, 0.15) is 23.1 Å².